The highest BCUT2D eigenvalue weighted by molar-refractivity contribution is 7.71. The maximum absolute atomic E-state index is 13.3. The predicted molar refractivity (Wildman–Crippen MR) is 114 cm³/mol. The molecule has 9 heteroatoms. The number of hydrogen-bond donors (Lipinski definition) is 1. The second kappa shape index (κ2) is 7.79. The van der Waals surface area contributed by atoms with E-state index in [0.717, 1.165) is 34.9 Å². The molecule has 3 aromatic heterocycles. The molecule has 1 saturated heterocycles. The van der Waals surface area contributed by atoms with Crippen LogP contribution in [0.1, 0.15) is 66.4 Å². The highest BCUT2D eigenvalue weighted by Gasteiger charge is 2.33. The molecule has 0 radical (unpaired) electrons. The molecule has 1 aliphatic carbocycles. The zero-order valence-electron chi connectivity index (χ0n) is 17.0. The fourth-order valence-electron chi connectivity index (χ4n) is 4.37. The number of pyridine rings is 1. The van der Waals surface area contributed by atoms with E-state index in [1.807, 2.05) is 30.0 Å². The van der Waals surface area contributed by atoms with E-state index in [4.69, 9.17) is 12.2 Å². The van der Waals surface area contributed by atoms with E-state index in [0.29, 0.717) is 37.0 Å². The number of carbonyl (C=O) groups excluding carboxylic acids is 1. The summed E-state index contributed by atoms with van der Waals surface area (Å²) in [5.74, 6) is 2.18. The van der Waals surface area contributed by atoms with Crippen molar-refractivity contribution in [1.29, 1.82) is 0 Å². The van der Waals surface area contributed by atoms with E-state index in [9.17, 15) is 4.79 Å². The van der Waals surface area contributed by atoms with Gasteiger partial charge in [0.15, 0.2) is 10.6 Å². The van der Waals surface area contributed by atoms with Gasteiger partial charge in [0, 0.05) is 31.2 Å². The molecule has 0 aromatic carbocycles. The molecule has 0 spiro atoms. The smallest absolute Gasteiger partial charge is 0.257 e. The third-order valence-corrected chi connectivity index (χ3v) is 6.38. The van der Waals surface area contributed by atoms with Gasteiger partial charge in [0.25, 0.3) is 5.91 Å². The quantitative estimate of drug-likeness (QED) is 0.636. The molecule has 8 nitrogen and oxygen atoms in total. The maximum Gasteiger partial charge on any atom is 0.257 e. The topological polar surface area (TPSA) is 84.6 Å². The molecule has 4 heterocycles. The molecule has 1 N–H and O–H groups in total. The van der Waals surface area contributed by atoms with E-state index >= 15 is 0 Å². The largest absolute Gasteiger partial charge is 0.338 e. The van der Waals surface area contributed by atoms with Crippen LogP contribution < -0.4 is 0 Å². The number of aromatic amines is 1. The van der Waals surface area contributed by atoms with Gasteiger partial charge in [-0.2, -0.15) is 10.2 Å². The molecule has 156 valence electrons. The third kappa shape index (κ3) is 3.36. The van der Waals surface area contributed by atoms with Gasteiger partial charge in [-0.05, 0) is 56.5 Å². The van der Waals surface area contributed by atoms with E-state index in [-0.39, 0.29) is 5.91 Å². The molecular formula is C21H25N7OS. The molecule has 1 amide bonds. The number of nitrogens with zero attached hydrogens (tertiary/aromatic N) is 6. The summed E-state index contributed by atoms with van der Waals surface area (Å²) in [7, 11) is 0. The predicted octanol–water partition coefficient (Wildman–Crippen LogP) is 3.44. The summed E-state index contributed by atoms with van der Waals surface area (Å²) >= 11 is 5.42. The summed E-state index contributed by atoms with van der Waals surface area (Å²) in [5.41, 5.74) is 1.57. The second-order valence-corrected chi connectivity index (χ2v) is 8.40. The third-order valence-electron chi connectivity index (χ3n) is 6.09. The van der Waals surface area contributed by atoms with Crippen LogP contribution in [-0.2, 0) is 6.42 Å². The van der Waals surface area contributed by atoms with Crippen LogP contribution >= 0.6 is 12.2 Å². The van der Waals surface area contributed by atoms with Gasteiger partial charge in [-0.1, -0.05) is 13.0 Å². The van der Waals surface area contributed by atoms with E-state index in [2.05, 4.69) is 24.8 Å². The van der Waals surface area contributed by atoms with Crippen LogP contribution in [0.3, 0.4) is 0 Å². The second-order valence-electron chi connectivity index (χ2n) is 8.01. The zero-order chi connectivity index (χ0) is 20.7. The van der Waals surface area contributed by atoms with Crippen LogP contribution in [-0.4, -0.2) is 53.4 Å². The first-order valence-corrected chi connectivity index (χ1v) is 11.0. The number of aromatic nitrogens is 6. The minimum Gasteiger partial charge on any atom is -0.338 e. The Bertz CT molecular complexity index is 1100. The van der Waals surface area contributed by atoms with Crippen LogP contribution in [0.4, 0.5) is 0 Å². The van der Waals surface area contributed by atoms with E-state index in [1.165, 1.54) is 12.8 Å². The average molecular weight is 424 g/mol. The average Bonchev–Trinajstić information content (AvgIpc) is 3.41. The minimum absolute atomic E-state index is 0.0496. The van der Waals surface area contributed by atoms with Gasteiger partial charge in [0.1, 0.15) is 5.82 Å². The lowest BCUT2D eigenvalue weighted by atomic mass is 9.95. The van der Waals surface area contributed by atoms with Crippen molar-refractivity contribution in [2.45, 2.75) is 51.0 Å². The number of likely N-dealkylation sites (tertiary alicyclic amines) is 1. The van der Waals surface area contributed by atoms with Gasteiger partial charge in [-0.25, -0.2) is 9.67 Å². The highest BCUT2D eigenvalue weighted by atomic mass is 32.1. The Morgan fingerprint density at radius 3 is 2.70 bits per heavy atom. The summed E-state index contributed by atoms with van der Waals surface area (Å²) in [6.45, 7) is 3.47. The first kappa shape index (κ1) is 19.2. The standard InChI is InChI=1S/C21H25N7OS/c1-2-17-16(13-23-28(17)18-5-3-4-10-22-18)20(29)26-11-8-14(9-12-26)19-24-25-21(30)27(19)15-6-7-15/h3-5,10,13-15H,2,6-9,11-12H2,1H3,(H,25,30). The highest BCUT2D eigenvalue weighted by Crippen LogP contribution is 2.39. The van der Waals surface area contributed by atoms with Crippen LogP contribution in [0.15, 0.2) is 30.6 Å². The number of H-pyrrole nitrogens is 1. The number of carbonyl (C=O) groups is 1. The fraction of sp³-hybridized carbons (Fsp3) is 0.476. The van der Waals surface area contributed by atoms with Crippen LogP contribution in [0.2, 0.25) is 0 Å². The van der Waals surface area contributed by atoms with Crippen molar-refractivity contribution in [3.05, 3.63) is 52.4 Å². The monoisotopic (exact) mass is 423 g/mol. The number of piperidine rings is 1. The molecule has 0 atom stereocenters. The van der Waals surface area contributed by atoms with Gasteiger partial charge in [0.05, 0.1) is 17.5 Å². The molecule has 3 aromatic rings. The van der Waals surface area contributed by atoms with Crippen molar-refractivity contribution >= 4 is 18.1 Å². The Labute approximate surface area is 179 Å². The Kier molecular flexibility index (Phi) is 4.98. The Morgan fingerprint density at radius 1 is 1.23 bits per heavy atom. The van der Waals surface area contributed by atoms with Gasteiger partial charge in [-0.15, -0.1) is 0 Å². The number of amides is 1. The molecular weight excluding hydrogens is 398 g/mol. The minimum atomic E-state index is 0.0496. The Balaban J connectivity index is 1.32. The molecule has 1 saturated carbocycles. The van der Waals surface area contributed by atoms with Crippen molar-refractivity contribution in [2.24, 2.45) is 0 Å². The van der Waals surface area contributed by atoms with E-state index in [1.54, 1.807) is 17.1 Å². The van der Waals surface area contributed by atoms with Crippen LogP contribution in [0, 0.1) is 4.77 Å². The summed E-state index contributed by atoms with van der Waals surface area (Å²) in [4.78, 5) is 19.6. The summed E-state index contributed by atoms with van der Waals surface area (Å²) < 4.78 is 4.69. The van der Waals surface area contributed by atoms with E-state index < -0.39 is 0 Å². The van der Waals surface area contributed by atoms with Crippen molar-refractivity contribution in [1.82, 2.24) is 34.4 Å². The zero-order valence-corrected chi connectivity index (χ0v) is 17.8. The SMILES string of the molecule is CCc1c(C(=O)N2CCC(c3n[nH]c(=S)n3C3CC3)CC2)cnn1-c1ccccn1. The Hall–Kier alpha value is -2.81. The van der Waals surface area contributed by atoms with Gasteiger partial charge >= 0.3 is 0 Å². The number of hydrogen-bond acceptors (Lipinski definition) is 5. The molecule has 0 unspecified atom stereocenters. The number of nitrogens with one attached hydrogen (secondary N) is 1. The van der Waals surface area contributed by atoms with Crippen molar-refractivity contribution in [3.63, 3.8) is 0 Å². The molecule has 1 aliphatic heterocycles. The van der Waals surface area contributed by atoms with Gasteiger partial charge in [-0.3, -0.25) is 9.89 Å². The lowest BCUT2D eigenvalue weighted by Crippen LogP contribution is -2.38. The summed E-state index contributed by atoms with van der Waals surface area (Å²) in [6, 6.07) is 6.21. The van der Waals surface area contributed by atoms with Crippen molar-refractivity contribution in [3.8, 4) is 5.82 Å². The van der Waals surface area contributed by atoms with Gasteiger partial charge < -0.3 is 9.47 Å². The molecule has 2 aliphatic rings. The summed E-state index contributed by atoms with van der Waals surface area (Å²) in [5, 5.41) is 11.9. The van der Waals surface area contributed by atoms with Gasteiger partial charge in [0.2, 0.25) is 0 Å². The normalized spacial score (nSPS) is 17.4. The first-order valence-electron chi connectivity index (χ1n) is 10.6. The maximum atomic E-state index is 13.3. The summed E-state index contributed by atoms with van der Waals surface area (Å²) in [6.07, 6.45) is 8.28. The first-order chi connectivity index (χ1) is 14.7. The molecule has 2 fully saturated rings. The Morgan fingerprint density at radius 2 is 2.03 bits per heavy atom. The van der Waals surface area contributed by atoms with Crippen LogP contribution in [0.25, 0.3) is 5.82 Å². The van der Waals surface area contributed by atoms with Crippen LogP contribution in [0.5, 0.6) is 0 Å². The molecule has 5 rings (SSSR count). The fourth-order valence-corrected chi connectivity index (χ4v) is 4.66. The number of rotatable bonds is 5. The lowest BCUT2D eigenvalue weighted by Gasteiger charge is -2.31. The molecule has 0 bridgehead atoms. The molecule has 30 heavy (non-hydrogen) atoms. The van der Waals surface area contributed by atoms with Crippen molar-refractivity contribution < 1.29 is 4.79 Å². The lowest BCUT2D eigenvalue weighted by molar-refractivity contribution is 0.0709. The van der Waals surface area contributed by atoms with Crippen molar-refractivity contribution in [2.75, 3.05) is 13.1 Å².